The summed E-state index contributed by atoms with van der Waals surface area (Å²) >= 11 is 0. The molecule has 0 spiro atoms. The number of hydrogen-bond acceptors (Lipinski definition) is 3. The van der Waals surface area contributed by atoms with Crippen molar-refractivity contribution in [3.8, 4) is 28.2 Å². The van der Waals surface area contributed by atoms with Crippen LogP contribution in [0.4, 0.5) is 11.4 Å². The molecule has 1 unspecified atom stereocenters. The summed E-state index contributed by atoms with van der Waals surface area (Å²) in [5.74, 6) is 0. The molecule has 69 heavy (non-hydrogen) atoms. The Labute approximate surface area is 400 Å². The number of benzene rings is 9. The summed E-state index contributed by atoms with van der Waals surface area (Å²) in [5.41, 5.74) is 12.9. The number of rotatable bonds is 11. The third-order valence-corrected chi connectivity index (χ3v) is 14.1. The second-order valence-electron chi connectivity index (χ2n) is 18.1. The maximum Gasteiger partial charge on any atom is 0.197 e. The molecule has 0 N–H and O–H groups in total. The molecule has 1 atom stereocenters. The third kappa shape index (κ3) is 7.02. The lowest BCUT2D eigenvalue weighted by molar-refractivity contribution is 0.551. The van der Waals surface area contributed by atoms with Crippen molar-refractivity contribution in [3.05, 3.63) is 233 Å². The molecule has 6 nitrogen and oxygen atoms in total. The van der Waals surface area contributed by atoms with Gasteiger partial charge in [-0.15, -0.1) is 0 Å². The van der Waals surface area contributed by atoms with Gasteiger partial charge in [0.1, 0.15) is 0 Å². The predicted octanol–water partition coefficient (Wildman–Crippen LogP) is 15.5. The Morgan fingerprint density at radius 2 is 0.812 bits per heavy atom. The van der Waals surface area contributed by atoms with Gasteiger partial charge in [0, 0.05) is 66.8 Å². The highest BCUT2D eigenvalue weighted by Crippen LogP contribution is 2.39. The largest absolute Gasteiger partial charge is 0.338 e. The molecule has 0 aliphatic carbocycles. The Hall–Kier alpha value is -8.48. The van der Waals surface area contributed by atoms with E-state index >= 15 is 0 Å². The highest BCUT2D eigenvalue weighted by atomic mass is 16.1. The standard InChI is InChI=1S/C63H50N4O2/c1-3-5-19-44(4-2)64(45-20-7-6-8-21-45)47-36-37-61-55(41-47)50-22-9-14-27-56(50)65(61)46-34-32-42(33-35-46)43-38-48(66-57-28-15-10-23-51(57)62(68)52-24-11-16-29-58(52)66)40-49(39-43)67-59-30-17-12-25-53(59)63(69)54-26-13-18-31-60(54)67/h6-18,20-41,44H,3-5,19H2,1-2H3. The van der Waals surface area contributed by atoms with Gasteiger partial charge in [0.2, 0.25) is 0 Å². The minimum Gasteiger partial charge on any atom is -0.338 e. The number of nitrogens with zero attached hydrogens (tertiary/aromatic N) is 4. The van der Waals surface area contributed by atoms with Crippen LogP contribution in [0.25, 0.3) is 93.6 Å². The number of unbranched alkanes of at least 4 members (excludes halogenated alkanes) is 1. The van der Waals surface area contributed by atoms with Crippen LogP contribution in [0.5, 0.6) is 0 Å². The van der Waals surface area contributed by atoms with E-state index < -0.39 is 0 Å². The van der Waals surface area contributed by atoms with E-state index in [0.29, 0.717) is 27.6 Å². The number of anilines is 2. The lowest BCUT2D eigenvalue weighted by atomic mass is 10.0. The molecule has 0 saturated carbocycles. The Kier molecular flexibility index (Phi) is 10.5. The second kappa shape index (κ2) is 17.3. The molecule has 12 aromatic rings. The van der Waals surface area contributed by atoms with Crippen LogP contribution >= 0.6 is 0 Å². The van der Waals surface area contributed by atoms with Crippen LogP contribution < -0.4 is 15.8 Å². The fourth-order valence-electron chi connectivity index (χ4n) is 10.9. The molecule has 0 amide bonds. The first-order chi connectivity index (χ1) is 34.0. The fourth-order valence-corrected chi connectivity index (χ4v) is 10.9. The van der Waals surface area contributed by atoms with Crippen molar-refractivity contribution in [1.29, 1.82) is 0 Å². The molecular formula is C63H50N4O2. The van der Waals surface area contributed by atoms with Gasteiger partial charge in [-0.2, -0.15) is 0 Å². The van der Waals surface area contributed by atoms with E-state index in [9.17, 15) is 9.59 Å². The van der Waals surface area contributed by atoms with Crippen molar-refractivity contribution < 1.29 is 0 Å². The third-order valence-electron chi connectivity index (χ3n) is 14.1. The number of fused-ring (bicyclic) bond motifs is 7. The molecule has 9 aromatic carbocycles. The molecular weight excluding hydrogens is 845 g/mol. The summed E-state index contributed by atoms with van der Waals surface area (Å²) in [6.45, 7) is 4.58. The van der Waals surface area contributed by atoms with Gasteiger partial charge in [-0.25, -0.2) is 0 Å². The quantitative estimate of drug-likeness (QED) is 0.122. The summed E-state index contributed by atoms with van der Waals surface area (Å²) in [5, 5.41) is 5.04. The van der Waals surface area contributed by atoms with E-state index in [-0.39, 0.29) is 10.9 Å². The van der Waals surface area contributed by atoms with Gasteiger partial charge in [0.05, 0.1) is 33.1 Å². The summed E-state index contributed by atoms with van der Waals surface area (Å²) in [7, 11) is 0. The predicted molar refractivity (Wildman–Crippen MR) is 290 cm³/mol. The molecule has 0 saturated heterocycles. The number of hydrogen-bond donors (Lipinski definition) is 0. The first kappa shape index (κ1) is 41.9. The first-order valence-electron chi connectivity index (χ1n) is 24.2. The van der Waals surface area contributed by atoms with E-state index in [4.69, 9.17) is 0 Å². The smallest absolute Gasteiger partial charge is 0.197 e. The van der Waals surface area contributed by atoms with Gasteiger partial charge in [-0.3, -0.25) is 9.59 Å². The molecule has 0 bridgehead atoms. The maximum atomic E-state index is 14.0. The summed E-state index contributed by atoms with van der Waals surface area (Å²) in [6.07, 6.45) is 4.55. The van der Waals surface area contributed by atoms with Gasteiger partial charge in [-0.1, -0.05) is 124 Å². The lowest BCUT2D eigenvalue weighted by Crippen LogP contribution is -2.30. The Morgan fingerprint density at radius 1 is 0.377 bits per heavy atom. The zero-order chi connectivity index (χ0) is 46.6. The fraction of sp³-hybridized carbons (Fsp3) is 0.111. The van der Waals surface area contributed by atoms with Crippen molar-refractivity contribution in [2.75, 3.05) is 4.90 Å². The van der Waals surface area contributed by atoms with Crippen molar-refractivity contribution in [3.63, 3.8) is 0 Å². The van der Waals surface area contributed by atoms with E-state index in [2.05, 4.69) is 148 Å². The molecule has 0 fully saturated rings. The van der Waals surface area contributed by atoms with E-state index in [0.717, 1.165) is 74.1 Å². The summed E-state index contributed by atoms with van der Waals surface area (Å²) in [4.78, 5) is 30.5. The van der Waals surface area contributed by atoms with E-state index in [1.54, 1.807) is 0 Å². The minimum atomic E-state index is 0.00810. The topological polar surface area (TPSA) is 52.2 Å². The monoisotopic (exact) mass is 894 g/mol. The summed E-state index contributed by atoms with van der Waals surface area (Å²) in [6, 6.07) is 73.9. The Balaban J connectivity index is 1.05. The zero-order valence-corrected chi connectivity index (χ0v) is 38.7. The van der Waals surface area contributed by atoms with Crippen LogP contribution in [0.1, 0.15) is 39.5 Å². The lowest BCUT2D eigenvalue weighted by Gasteiger charge is -2.33. The molecule has 6 heteroatoms. The van der Waals surface area contributed by atoms with E-state index in [1.807, 2.05) is 97.1 Å². The second-order valence-corrected chi connectivity index (χ2v) is 18.1. The molecule has 12 rings (SSSR count). The van der Waals surface area contributed by atoms with Crippen LogP contribution in [0.3, 0.4) is 0 Å². The normalized spacial score (nSPS) is 12.2. The zero-order valence-electron chi connectivity index (χ0n) is 38.7. The van der Waals surface area contributed by atoms with E-state index in [1.165, 1.54) is 35.0 Å². The average Bonchev–Trinajstić information content (AvgIpc) is 3.74. The SMILES string of the molecule is CCCCC(CC)N(c1ccccc1)c1ccc2c(c1)c1ccccc1n2-c1ccc(-c2cc(-n3c4ccccc4c(=O)c4ccccc43)cc(-n3c4ccccc4c(=O)c4ccccc43)c2)cc1. The number of para-hydroxylation sites is 6. The maximum absolute atomic E-state index is 14.0. The molecule has 0 aliphatic rings. The van der Waals surface area contributed by atoms with Crippen molar-refractivity contribution in [2.45, 2.75) is 45.6 Å². The van der Waals surface area contributed by atoms with Crippen LogP contribution in [0, 0.1) is 0 Å². The number of aromatic nitrogens is 3. The van der Waals surface area contributed by atoms with Gasteiger partial charge >= 0.3 is 0 Å². The average molecular weight is 895 g/mol. The Bertz CT molecular complexity index is 3780. The molecule has 3 heterocycles. The molecule has 3 aromatic heterocycles. The van der Waals surface area contributed by atoms with Crippen molar-refractivity contribution in [1.82, 2.24) is 13.7 Å². The number of pyridine rings is 2. The highest BCUT2D eigenvalue weighted by molar-refractivity contribution is 6.10. The van der Waals surface area contributed by atoms with Crippen molar-refractivity contribution >= 4 is 76.8 Å². The van der Waals surface area contributed by atoms with Crippen molar-refractivity contribution in [2.24, 2.45) is 0 Å². The van der Waals surface area contributed by atoms with Gasteiger partial charge in [0.15, 0.2) is 10.9 Å². The summed E-state index contributed by atoms with van der Waals surface area (Å²) < 4.78 is 6.80. The van der Waals surface area contributed by atoms with Gasteiger partial charge < -0.3 is 18.6 Å². The van der Waals surface area contributed by atoms with Gasteiger partial charge in [0.25, 0.3) is 0 Å². The van der Waals surface area contributed by atoms with Crippen LogP contribution in [-0.4, -0.2) is 19.7 Å². The van der Waals surface area contributed by atoms with Crippen LogP contribution in [-0.2, 0) is 0 Å². The highest BCUT2D eigenvalue weighted by Gasteiger charge is 2.22. The Morgan fingerprint density at radius 3 is 1.30 bits per heavy atom. The minimum absolute atomic E-state index is 0.00810. The molecule has 0 aliphatic heterocycles. The van der Waals surface area contributed by atoms with Crippen LogP contribution in [0.15, 0.2) is 222 Å². The molecule has 0 radical (unpaired) electrons. The van der Waals surface area contributed by atoms with Crippen LogP contribution in [0.2, 0.25) is 0 Å². The molecule has 334 valence electrons. The first-order valence-corrected chi connectivity index (χ1v) is 24.2. The van der Waals surface area contributed by atoms with Gasteiger partial charge in [-0.05, 0) is 139 Å².